The molecule has 4 aromatic rings. The molecule has 5 rings (SSSR count). The van der Waals surface area contributed by atoms with Crippen LogP contribution in [0.4, 0.5) is 17.5 Å². The van der Waals surface area contributed by atoms with Gasteiger partial charge in [0.15, 0.2) is 11.6 Å². The van der Waals surface area contributed by atoms with Gasteiger partial charge in [0.25, 0.3) is 0 Å². The van der Waals surface area contributed by atoms with Gasteiger partial charge in [0, 0.05) is 36.0 Å². The minimum absolute atomic E-state index is 0.203. The monoisotopic (exact) mass is 489 g/mol. The Morgan fingerprint density at radius 1 is 1.20 bits per heavy atom. The Bertz CT molecular complexity index is 1350. The second kappa shape index (κ2) is 10.0. The summed E-state index contributed by atoms with van der Waals surface area (Å²) in [6.45, 7) is 6.63. The van der Waals surface area contributed by atoms with Gasteiger partial charge in [-0.2, -0.15) is 0 Å². The first-order chi connectivity index (χ1) is 17.1. The summed E-state index contributed by atoms with van der Waals surface area (Å²) in [5.41, 5.74) is 7.85. The Kier molecular flexibility index (Phi) is 6.51. The van der Waals surface area contributed by atoms with Gasteiger partial charge in [0.05, 0.1) is 29.0 Å². The van der Waals surface area contributed by atoms with Crippen LogP contribution in [0.3, 0.4) is 0 Å². The number of carbonyl (C=O) groups is 1. The van der Waals surface area contributed by atoms with E-state index >= 15 is 0 Å². The molecule has 1 aliphatic rings. The largest absolute Gasteiger partial charge is 0.488 e. The van der Waals surface area contributed by atoms with Crippen LogP contribution in [0.1, 0.15) is 4.88 Å². The Morgan fingerprint density at radius 2 is 1.94 bits per heavy atom. The van der Waals surface area contributed by atoms with Crippen LogP contribution in [0.5, 0.6) is 5.75 Å². The van der Waals surface area contributed by atoms with E-state index in [0.29, 0.717) is 42.6 Å². The van der Waals surface area contributed by atoms with Crippen LogP contribution >= 0.6 is 11.3 Å². The molecular weight excluding hydrogens is 466 g/mol. The van der Waals surface area contributed by atoms with Gasteiger partial charge in [0.1, 0.15) is 12.4 Å². The summed E-state index contributed by atoms with van der Waals surface area (Å²) in [5, 5.41) is 2.71. The quantitative estimate of drug-likeness (QED) is 0.376. The van der Waals surface area contributed by atoms with E-state index in [4.69, 9.17) is 25.2 Å². The van der Waals surface area contributed by atoms with E-state index < -0.39 is 0 Å². The van der Waals surface area contributed by atoms with Gasteiger partial charge in [-0.1, -0.05) is 6.58 Å². The number of amides is 1. The first kappa shape index (κ1) is 22.7. The number of rotatable bonds is 7. The van der Waals surface area contributed by atoms with Crippen LogP contribution in [-0.2, 0) is 16.1 Å². The lowest BCUT2D eigenvalue weighted by atomic mass is 10.3. The minimum atomic E-state index is -0.258. The van der Waals surface area contributed by atoms with Crippen LogP contribution in [0.15, 0.2) is 55.4 Å². The van der Waals surface area contributed by atoms with Gasteiger partial charge in [-0.15, -0.1) is 11.3 Å². The maximum atomic E-state index is 11.4. The molecule has 178 valence electrons. The molecule has 0 atom stereocenters. The van der Waals surface area contributed by atoms with Crippen LogP contribution in [0, 0.1) is 0 Å². The standard InChI is InChI=1S/C24H23N7O3S/c1-2-20(32)28-16-3-5-17(6-4-16)34-14-18-11-19-21(35-18)23(31-7-9-33-10-8-31)30-22(29-19)15-12-26-24(25)27-13-15/h2-6,11-13H,1,7-10,14H2,(H,28,32)(H2,25,26,27). The van der Waals surface area contributed by atoms with Crippen molar-refractivity contribution in [3.8, 4) is 17.1 Å². The number of thiophene rings is 1. The van der Waals surface area contributed by atoms with E-state index in [1.54, 1.807) is 35.9 Å². The third kappa shape index (κ3) is 5.20. The Labute approximate surface area is 205 Å². The third-order valence-electron chi connectivity index (χ3n) is 5.33. The highest BCUT2D eigenvalue weighted by molar-refractivity contribution is 7.19. The van der Waals surface area contributed by atoms with Crippen molar-refractivity contribution in [1.29, 1.82) is 0 Å². The van der Waals surface area contributed by atoms with E-state index in [-0.39, 0.29) is 11.9 Å². The van der Waals surface area contributed by atoms with Crippen LogP contribution in [-0.4, -0.2) is 52.1 Å². The number of nitrogens with zero attached hydrogens (tertiary/aromatic N) is 5. The lowest BCUT2D eigenvalue weighted by Crippen LogP contribution is -2.36. The molecule has 10 nitrogen and oxygen atoms in total. The van der Waals surface area contributed by atoms with E-state index in [1.807, 2.05) is 18.2 Å². The minimum Gasteiger partial charge on any atom is -0.488 e. The summed E-state index contributed by atoms with van der Waals surface area (Å²) in [4.78, 5) is 32.5. The zero-order chi connectivity index (χ0) is 24.2. The summed E-state index contributed by atoms with van der Waals surface area (Å²) in [6.07, 6.45) is 4.49. The summed E-state index contributed by atoms with van der Waals surface area (Å²) < 4.78 is 12.5. The molecule has 1 saturated heterocycles. The first-order valence-electron chi connectivity index (χ1n) is 11.0. The molecule has 0 aliphatic carbocycles. The van der Waals surface area contributed by atoms with Crippen molar-refractivity contribution in [3.05, 3.63) is 60.3 Å². The first-order valence-corrected chi connectivity index (χ1v) is 11.8. The van der Waals surface area contributed by atoms with Crippen molar-refractivity contribution in [2.75, 3.05) is 42.3 Å². The molecule has 0 saturated carbocycles. The Balaban J connectivity index is 1.41. The number of nitrogen functional groups attached to an aromatic ring is 1. The van der Waals surface area contributed by atoms with Crippen molar-refractivity contribution in [3.63, 3.8) is 0 Å². The van der Waals surface area contributed by atoms with Crippen molar-refractivity contribution in [2.45, 2.75) is 6.61 Å². The number of ether oxygens (including phenoxy) is 2. The number of fused-ring (bicyclic) bond motifs is 1. The van der Waals surface area contributed by atoms with Crippen molar-refractivity contribution in [2.24, 2.45) is 0 Å². The number of hydrogen-bond donors (Lipinski definition) is 2. The van der Waals surface area contributed by atoms with E-state index in [2.05, 4.69) is 26.8 Å². The van der Waals surface area contributed by atoms with Crippen molar-refractivity contribution in [1.82, 2.24) is 19.9 Å². The van der Waals surface area contributed by atoms with Gasteiger partial charge in [-0.3, -0.25) is 4.79 Å². The molecule has 35 heavy (non-hydrogen) atoms. The van der Waals surface area contributed by atoms with Crippen LogP contribution < -0.4 is 20.7 Å². The number of benzene rings is 1. The number of nitrogens with one attached hydrogen (secondary N) is 1. The van der Waals surface area contributed by atoms with Crippen LogP contribution in [0.2, 0.25) is 0 Å². The molecule has 1 fully saturated rings. The molecule has 1 amide bonds. The molecule has 3 aromatic heterocycles. The van der Waals surface area contributed by atoms with Crippen molar-refractivity contribution < 1.29 is 14.3 Å². The summed E-state index contributed by atoms with van der Waals surface area (Å²) in [5.74, 6) is 2.05. The number of carbonyl (C=O) groups excluding carboxylic acids is 1. The van der Waals surface area contributed by atoms with Crippen molar-refractivity contribution >= 4 is 44.9 Å². The molecule has 0 spiro atoms. The molecule has 0 unspecified atom stereocenters. The zero-order valence-electron chi connectivity index (χ0n) is 18.8. The number of aromatic nitrogens is 4. The highest BCUT2D eigenvalue weighted by Crippen LogP contribution is 2.35. The smallest absolute Gasteiger partial charge is 0.247 e. The Morgan fingerprint density at radius 3 is 2.66 bits per heavy atom. The third-order valence-corrected chi connectivity index (χ3v) is 6.43. The van der Waals surface area contributed by atoms with Gasteiger partial charge in [-0.25, -0.2) is 19.9 Å². The fourth-order valence-electron chi connectivity index (χ4n) is 3.59. The molecular formula is C24H23N7O3S. The second-order valence-corrected chi connectivity index (χ2v) is 8.87. The maximum Gasteiger partial charge on any atom is 0.247 e. The molecule has 1 aromatic carbocycles. The summed E-state index contributed by atoms with van der Waals surface area (Å²) in [7, 11) is 0. The van der Waals surface area contributed by atoms with Gasteiger partial charge in [-0.05, 0) is 36.4 Å². The number of nitrogens with two attached hydrogens (primary N) is 1. The second-order valence-electron chi connectivity index (χ2n) is 7.73. The number of anilines is 3. The number of hydrogen-bond acceptors (Lipinski definition) is 10. The molecule has 4 heterocycles. The highest BCUT2D eigenvalue weighted by Gasteiger charge is 2.20. The van der Waals surface area contributed by atoms with E-state index in [0.717, 1.165) is 34.0 Å². The average Bonchev–Trinajstić information content (AvgIpc) is 3.31. The predicted octanol–water partition coefficient (Wildman–Crippen LogP) is 3.27. The zero-order valence-corrected chi connectivity index (χ0v) is 19.6. The highest BCUT2D eigenvalue weighted by atomic mass is 32.1. The fourth-order valence-corrected chi connectivity index (χ4v) is 4.62. The van der Waals surface area contributed by atoms with Crippen LogP contribution in [0.25, 0.3) is 21.6 Å². The molecule has 1 aliphatic heterocycles. The average molecular weight is 490 g/mol. The summed E-state index contributed by atoms with van der Waals surface area (Å²) in [6, 6.07) is 9.20. The van der Waals surface area contributed by atoms with E-state index in [1.165, 1.54) is 6.08 Å². The normalized spacial score (nSPS) is 13.5. The molecule has 0 bridgehead atoms. The number of morpholine rings is 1. The fraction of sp³-hybridized carbons (Fsp3) is 0.208. The topological polar surface area (TPSA) is 128 Å². The lowest BCUT2D eigenvalue weighted by molar-refractivity contribution is -0.111. The van der Waals surface area contributed by atoms with E-state index in [9.17, 15) is 4.79 Å². The summed E-state index contributed by atoms with van der Waals surface area (Å²) >= 11 is 1.61. The van der Waals surface area contributed by atoms with Gasteiger partial charge in [0.2, 0.25) is 11.9 Å². The van der Waals surface area contributed by atoms with Gasteiger partial charge < -0.3 is 25.4 Å². The maximum absolute atomic E-state index is 11.4. The lowest BCUT2D eigenvalue weighted by Gasteiger charge is -2.28. The SMILES string of the molecule is C=CC(=O)Nc1ccc(OCc2cc3nc(-c4cnc(N)nc4)nc(N4CCOCC4)c3s2)cc1. The van der Waals surface area contributed by atoms with Gasteiger partial charge >= 0.3 is 0 Å². The Hall–Kier alpha value is -4.09. The molecule has 11 heteroatoms. The molecule has 0 radical (unpaired) electrons. The molecule has 3 N–H and O–H groups in total. The predicted molar refractivity (Wildman–Crippen MR) is 135 cm³/mol.